The number of pyridine rings is 1. The van der Waals surface area contributed by atoms with Gasteiger partial charge < -0.3 is 15.0 Å². The Balaban J connectivity index is 2.43. The van der Waals surface area contributed by atoms with E-state index in [1.165, 1.54) is 5.56 Å². The van der Waals surface area contributed by atoms with Crippen LogP contribution in [0.3, 0.4) is 0 Å². The molecule has 0 aliphatic carbocycles. The molecule has 0 saturated carbocycles. The summed E-state index contributed by atoms with van der Waals surface area (Å²) in [4.78, 5) is 6.60. The van der Waals surface area contributed by atoms with E-state index < -0.39 is 0 Å². The molecule has 1 rings (SSSR count). The van der Waals surface area contributed by atoms with Crippen molar-refractivity contribution in [1.82, 2.24) is 10.3 Å². The number of nitrogens with one attached hydrogen (secondary N) is 1. The Morgan fingerprint density at radius 3 is 2.82 bits per heavy atom. The minimum absolute atomic E-state index is 0.794. The number of nitrogens with zero attached hydrogens (tertiary/aromatic N) is 2. The fraction of sp³-hybridized carbons (Fsp3) is 0.615. The predicted octanol–water partition coefficient (Wildman–Crippen LogP) is 1.66. The molecule has 0 atom stereocenters. The second kappa shape index (κ2) is 8.03. The monoisotopic (exact) mass is 237 g/mol. The number of hydrogen-bond donors (Lipinski definition) is 1. The lowest BCUT2D eigenvalue weighted by molar-refractivity contribution is 0.196. The molecule has 4 heteroatoms. The molecule has 0 radical (unpaired) electrons. The van der Waals surface area contributed by atoms with Crippen molar-refractivity contribution in [2.45, 2.75) is 19.9 Å². The van der Waals surface area contributed by atoms with Crippen LogP contribution in [-0.4, -0.2) is 38.8 Å². The van der Waals surface area contributed by atoms with E-state index in [9.17, 15) is 0 Å². The molecular weight excluding hydrogens is 214 g/mol. The molecule has 1 N–H and O–H groups in total. The summed E-state index contributed by atoms with van der Waals surface area (Å²) in [5.41, 5.74) is 1.22. The molecule has 1 heterocycles. The number of methoxy groups -OCH3 is 1. The maximum absolute atomic E-state index is 5.04. The maximum Gasteiger partial charge on any atom is 0.128 e. The third-order valence-electron chi connectivity index (χ3n) is 2.62. The standard InChI is InChI=1S/C13H23N3O/c1-4-14-10-12-6-7-13(15-11-12)16(2)8-5-9-17-3/h6-7,11,14H,4-5,8-10H2,1-3H3. The molecule has 0 fully saturated rings. The number of rotatable bonds is 8. The van der Waals surface area contributed by atoms with Crippen molar-refractivity contribution in [3.63, 3.8) is 0 Å². The van der Waals surface area contributed by atoms with Crippen molar-refractivity contribution < 1.29 is 4.74 Å². The minimum atomic E-state index is 0.794. The van der Waals surface area contributed by atoms with Crippen LogP contribution < -0.4 is 10.2 Å². The van der Waals surface area contributed by atoms with Crippen molar-refractivity contribution in [3.05, 3.63) is 23.9 Å². The van der Waals surface area contributed by atoms with Gasteiger partial charge in [0.05, 0.1) is 0 Å². The highest BCUT2D eigenvalue weighted by atomic mass is 16.5. The summed E-state index contributed by atoms with van der Waals surface area (Å²) in [7, 11) is 3.79. The molecule has 4 nitrogen and oxygen atoms in total. The summed E-state index contributed by atoms with van der Waals surface area (Å²) >= 11 is 0. The van der Waals surface area contributed by atoms with Gasteiger partial charge in [-0.3, -0.25) is 0 Å². The molecule has 17 heavy (non-hydrogen) atoms. The van der Waals surface area contributed by atoms with Crippen LogP contribution in [0.5, 0.6) is 0 Å². The Labute approximate surface area is 104 Å². The average molecular weight is 237 g/mol. The third-order valence-corrected chi connectivity index (χ3v) is 2.62. The quantitative estimate of drug-likeness (QED) is 0.698. The zero-order chi connectivity index (χ0) is 12.5. The van der Waals surface area contributed by atoms with E-state index in [1.54, 1.807) is 7.11 Å². The molecular formula is C13H23N3O. The number of anilines is 1. The molecule has 1 aromatic rings. The van der Waals surface area contributed by atoms with Crippen LogP contribution in [0.15, 0.2) is 18.3 Å². The largest absolute Gasteiger partial charge is 0.385 e. The van der Waals surface area contributed by atoms with Gasteiger partial charge in [-0.1, -0.05) is 13.0 Å². The topological polar surface area (TPSA) is 37.4 Å². The Bertz CT molecular complexity index is 300. The van der Waals surface area contributed by atoms with Crippen molar-refractivity contribution in [1.29, 1.82) is 0 Å². The van der Waals surface area contributed by atoms with E-state index in [0.717, 1.165) is 38.5 Å². The van der Waals surface area contributed by atoms with Gasteiger partial charge in [0.2, 0.25) is 0 Å². The first-order chi connectivity index (χ1) is 8.27. The molecule has 0 aliphatic rings. The Morgan fingerprint density at radius 1 is 1.41 bits per heavy atom. The summed E-state index contributed by atoms with van der Waals surface area (Å²) in [6.07, 6.45) is 2.96. The third kappa shape index (κ3) is 5.15. The van der Waals surface area contributed by atoms with Crippen LogP contribution in [0.4, 0.5) is 5.82 Å². The Kier molecular flexibility index (Phi) is 6.58. The first kappa shape index (κ1) is 13.9. The maximum atomic E-state index is 5.04. The highest BCUT2D eigenvalue weighted by Gasteiger charge is 2.01. The normalized spacial score (nSPS) is 10.5. The Morgan fingerprint density at radius 2 is 2.24 bits per heavy atom. The van der Waals surface area contributed by atoms with Crippen molar-refractivity contribution in [3.8, 4) is 0 Å². The second-order valence-electron chi connectivity index (χ2n) is 4.07. The van der Waals surface area contributed by atoms with E-state index in [-0.39, 0.29) is 0 Å². The van der Waals surface area contributed by atoms with E-state index >= 15 is 0 Å². The van der Waals surface area contributed by atoms with Crippen LogP contribution in [0, 0.1) is 0 Å². The lowest BCUT2D eigenvalue weighted by Gasteiger charge is -2.18. The van der Waals surface area contributed by atoms with Crippen LogP contribution >= 0.6 is 0 Å². The zero-order valence-electron chi connectivity index (χ0n) is 11.1. The highest BCUT2D eigenvalue weighted by Crippen LogP contribution is 2.09. The molecule has 0 unspecified atom stereocenters. The summed E-state index contributed by atoms with van der Waals surface area (Å²) in [5, 5.41) is 3.28. The highest BCUT2D eigenvalue weighted by molar-refractivity contribution is 5.38. The van der Waals surface area contributed by atoms with Gasteiger partial charge in [-0.2, -0.15) is 0 Å². The number of hydrogen-bond acceptors (Lipinski definition) is 4. The summed E-state index contributed by atoms with van der Waals surface area (Å²) in [6.45, 7) is 5.73. The van der Waals surface area contributed by atoms with Crippen molar-refractivity contribution in [2.75, 3.05) is 38.8 Å². The molecule has 0 aliphatic heterocycles. The first-order valence-corrected chi connectivity index (χ1v) is 6.13. The summed E-state index contributed by atoms with van der Waals surface area (Å²) in [5.74, 6) is 1.02. The van der Waals surface area contributed by atoms with E-state index in [2.05, 4.69) is 41.3 Å². The van der Waals surface area contributed by atoms with Gasteiger partial charge in [-0.25, -0.2) is 4.98 Å². The molecule has 0 bridgehead atoms. The van der Waals surface area contributed by atoms with Crippen LogP contribution in [0.1, 0.15) is 18.9 Å². The zero-order valence-corrected chi connectivity index (χ0v) is 11.1. The molecule has 0 saturated heterocycles. The molecule has 0 spiro atoms. The minimum Gasteiger partial charge on any atom is -0.385 e. The fourth-order valence-electron chi connectivity index (χ4n) is 1.58. The van der Waals surface area contributed by atoms with E-state index in [1.807, 2.05) is 6.20 Å². The number of ether oxygens (including phenoxy) is 1. The molecule has 1 aromatic heterocycles. The van der Waals surface area contributed by atoms with Gasteiger partial charge in [0.25, 0.3) is 0 Å². The molecule has 0 amide bonds. The average Bonchev–Trinajstić information content (AvgIpc) is 2.37. The van der Waals surface area contributed by atoms with Gasteiger partial charge in [0, 0.05) is 40.1 Å². The smallest absolute Gasteiger partial charge is 0.128 e. The van der Waals surface area contributed by atoms with Crippen molar-refractivity contribution >= 4 is 5.82 Å². The summed E-state index contributed by atoms with van der Waals surface area (Å²) < 4.78 is 5.04. The molecule has 0 aromatic carbocycles. The van der Waals surface area contributed by atoms with Gasteiger partial charge in [0.15, 0.2) is 0 Å². The number of aromatic nitrogens is 1. The fourth-order valence-corrected chi connectivity index (χ4v) is 1.58. The van der Waals surface area contributed by atoms with Gasteiger partial charge in [0.1, 0.15) is 5.82 Å². The van der Waals surface area contributed by atoms with Crippen LogP contribution in [0.25, 0.3) is 0 Å². The van der Waals surface area contributed by atoms with Crippen molar-refractivity contribution in [2.24, 2.45) is 0 Å². The lowest BCUT2D eigenvalue weighted by Crippen LogP contribution is -2.21. The van der Waals surface area contributed by atoms with E-state index in [4.69, 9.17) is 4.74 Å². The van der Waals surface area contributed by atoms with Crippen LogP contribution in [0.2, 0.25) is 0 Å². The summed E-state index contributed by atoms with van der Waals surface area (Å²) in [6, 6.07) is 4.19. The van der Waals surface area contributed by atoms with E-state index in [0.29, 0.717) is 0 Å². The van der Waals surface area contributed by atoms with Gasteiger partial charge in [-0.15, -0.1) is 0 Å². The van der Waals surface area contributed by atoms with Gasteiger partial charge in [-0.05, 0) is 24.6 Å². The van der Waals surface area contributed by atoms with Crippen LogP contribution in [-0.2, 0) is 11.3 Å². The lowest BCUT2D eigenvalue weighted by atomic mass is 10.2. The SMILES string of the molecule is CCNCc1ccc(N(C)CCCOC)nc1. The predicted molar refractivity (Wildman–Crippen MR) is 71.4 cm³/mol. The van der Waals surface area contributed by atoms with Gasteiger partial charge >= 0.3 is 0 Å². The Hall–Kier alpha value is -1.13. The second-order valence-corrected chi connectivity index (χ2v) is 4.07. The first-order valence-electron chi connectivity index (χ1n) is 6.13. The molecule has 96 valence electrons.